The minimum Gasteiger partial charge on any atom is -0.469 e. The molecular weight excluding hydrogens is 302 g/mol. The SMILES string of the molecule is COC(=O)CCCCNC(=O)CNc1nc2ccccc2s1. The molecule has 1 amide bonds. The molecule has 1 aromatic heterocycles. The molecule has 22 heavy (non-hydrogen) atoms. The van der Waals surface area contributed by atoms with Gasteiger partial charge in [-0.15, -0.1) is 0 Å². The van der Waals surface area contributed by atoms with Gasteiger partial charge in [0.25, 0.3) is 0 Å². The number of thiazole rings is 1. The molecule has 0 saturated heterocycles. The number of aromatic nitrogens is 1. The summed E-state index contributed by atoms with van der Waals surface area (Å²) in [6.07, 6.45) is 1.84. The van der Waals surface area contributed by atoms with Gasteiger partial charge in [-0.3, -0.25) is 9.59 Å². The summed E-state index contributed by atoms with van der Waals surface area (Å²) in [7, 11) is 1.37. The van der Waals surface area contributed by atoms with E-state index in [1.54, 1.807) is 0 Å². The Morgan fingerprint density at radius 2 is 2.09 bits per heavy atom. The monoisotopic (exact) mass is 321 g/mol. The van der Waals surface area contributed by atoms with Crippen molar-refractivity contribution in [1.82, 2.24) is 10.3 Å². The Morgan fingerprint density at radius 1 is 1.27 bits per heavy atom. The molecule has 2 rings (SSSR count). The van der Waals surface area contributed by atoms with Crippen molar-refractivity contribution >= 4 is 38.6 Å². The van der Waals surface area contributed by atoms with E-state index in [1.807, 2.05) is 24.3 Å². The van der Waals surface area contributed by atoms with Crippen LogP contribution < -0.4 is 10.6 Å². The third-order valence-corrected chi connectivity index (χ3v) is 4.05. The molecule has 0 bridgehead atoms. The number of hydrogen-bond acceptors (Lipinski definition) is 6. The molecule has 0 fully saturated rings. The zero-order valence-electron chi connectivity index (χ0n) is 12.4. The van der Waals surface area contributed by atoms with Crippen LogP contribution in [0.1, 0.15) is 19.3 Å². The van der Waals surface area contributed by atoms with E-state index in [2.05, 4.69) is 20.4 Å². The second-order valence-corrected chi connectivity index (χ2v) is 5.75. The summed E-state index contributed by atoms with van der Waals surface area (Å²) < 4.78 is 5.64. The van der Waals surface area contributed by atoms with Gasteiger partial charge in [-0.1, -0.05) is 23.5 Å². The highest BCUT2D eigenvalue weighted by atomic mass is 32.1. The third kappa shape index (κ3) is 5.00. The fourth-order valence-electron chi connectivity index (χ4n) is 1.89. The topological polar surface area (TPSA) is 80.3 Å². The molecule has 6 nitrogen and oxygen atoms in total. The van der Waals surface area contributed by atoms with E-state index in [9.17, 15) is 9.59 Å². The van der Waals surface area contributed by atoms with Crippen LogP contribution in [0.5, 0.6) is 0 Å². The average Bonchev–Trinajstić information content (AvgIpc) is 2.95. The number of carbonyl (C=O) groups is 2. The first-order valence-corrected chi connectivity index (χ1v) is 7.93. The lowest BCUT2D eigenvalue weighted by molar-refractivity contribution is -0.140. The number of benzene rings is 1. The molecule has 0 aliphatic rings. The first-order chi connectivity index (χ1) is 10.7. The van der Waals surface area contributed by atoms with Crippen molar-refractivity contribution in [3.63, 3.8) is 0 Å². The number of carbonyl (C=O) groups excluding carboxylic acids is 2. The van der Waals surface area contributed by atoms with Crippen LogP contribution in [-0.2, 0) is 14.3 Å². The molecule has 0 atom stereocenters. The normalized spacial score (nSPS) is 10.4. The highest BCUT2D eigenvalue weighted by Crippen LogP contribution is 2.24. The maximum absolute atomic E-state index is 11.7. The molecule has 0 spiro atoms. The zero-order valence-corrected chi connectivity index (χ0v) is 13.2. The predicted molar refractivity (Wildman–Crippen MR) is 87.0 cm³/mol. The predicted octanol–water partition coefficient (Wildman–Crippen LogP) is 2.17. The van der Waals surface area contributed by atoms with Crippen molar-refractivity contribution in [3.8, 4) is 0 Å². The van der Waals surface area contributed by atoms with Gasteiger partial charge in [0.15, 0.2) is 5.13 Å². The van der Waals surface area contributed by atoms with E-state index >= 15 is 0 Å². The standard InChI is InChI=1S/C15H19N3O3S/c1-21-14(20)8-4-5-9-16-13(19)10-17-15-18-11-6-2-3-7-12(11)22-15/h2-3,6-7H,4-5,8-10H2,1H3,(H,16,19)(H,17,18). The number of nitrogens with zero attached hydrogens (tertiary/aromatic N) is 1. The molecule has 0 saturated carbocycles. The van der Waals surface area contributed by atoms with E-state index in [0.29, 0.717) is 19.4 Å². The number of methoxy groups -OCH3 is 1. The largest absolute Gasteiger partial charge is 0.469 e. The fourth-order valence-corrected chi connectivity index (χ4v) is 2.75. The number of anilines is 1. The first-order valence-electron chi connectivity index (χ1n) is 7.12. The van der Waals surface area contributed by atoms with Gasteiger partial charge >= 0.3 is 5.97 Å². The Bertz CT molecular complexity index is 609. The maximum Gasteiger partial charge on any atom is 0.305 e. The van der Waals surface area contributed by atoms with Crippen molar-refractivity contribution in [2.24, 2.45) is 0 Å². The Kier molecular flexibility index (Phi) is 6.14. The Morgan fingerprint density at radius 3 is 2.86 bits per heavy atom. The number of ether oxygens (including phenoxy) is 1. The van der Waals surface area contributed by atoms with Crippen LogP contribution in [0.2, 0.25) is 0 Å². The summed E-state index contributed by atoms with van der Waals surface area (Å²) in [6, 6.07) is 7.84. The summed E-state index contributed by atoms with van der Waals surface area (Å²) in [5.41, 5.74) is 0.929. The molecule has 7 heteroatoms. The number of para-hydroxylation sites is 1. The maximum atomic E-state index is 11.7. The molecule has 1 aromatic carbocycles. The van der Waals surface area contributed by atoms with Crippen LogP contribution in [0.25, 0.3) is 10.2 Å². The lowest BCUT2D eigenvalue weighted by atomic mass is 10.2. The van der Waals surface area contributed by atoms with E-state index < -0.39 is 0 Å². The molecule has 1 heterocycles. The molecule has 0 aliphatic carbocycles. The van der Waals surface area contributed by atoms with Crippen LogP contribution in [0.15, 0.2) is 24.3 Å². The molecular formula is C15H19N3O3S. The van der Waals surface area contributed by atoms with Crippen LogP contribution in [0.4, 0.5) is 5.13 Å². The van der Waals surface area contributed by atoms with Crippen LogP contribution >= 0.6 is 11.3 Å². The number of amides is 1. The van der Waals surface area contributed by atoms with Gasteiger partial charge < -0.3 is 15.4 Å². The van der Waals surface area contributed by atoms with E-state index in [1.165, 1.54) is 18.4 Å². The number of esters is 1. The van der Waals surface area contributed by atoms with Gasteiger partial charge in [-0.05, 0) is 25.0 Å². The molecule has 118 valence electrons. The van der Waals surface area contributed by atoms with E-state index in [4.69, 9.17) is 0 Å². The smallest absolute Gasteiger partial charge is 0.305 e. The van der Waals surface area contributed by atoms with Crippen LogP contribution in [0, 0.1) is 0 Å². The minimum absolute atomic E-state index is 0.0858. The summed E-state index contributed by atoms with van der Waals surface area (Å²) in [5, 5.41) is 6.56. The summed E-state index contributed by atoms with van der Waals surface area (Å²) in [6.45, 7) is 0.744. The van der Waals surface area contributed by atoms with E-state index in [-0.39, 0.29) is 18.4 Å². The van der Waals surface area contributed by atoms with Gasteiger partial charge in [-0.25, -0.2) is 4.98 Å². The number of rotatable bonds is 8. The van der Waals surface area contributed by atoms with Gasteiger partial charge in [0.05, 0.1) is 23.9 Å². The van der Waals surface area contributed by atoms with Crippen molar-refractivity contribution in [2.75, 3.05) is 25.5 Å². The van der Waals surface area contributed by atoms with Crippen molar-refractivity contribution < 1.29 is 14.3 Å². The van der Waals surface area contributed by atoms with Crippen molar-refractivity contribution in [3.05, 3.63) is 24.3 Å². The van der Waals surface area contributed by atoms with Crippen LogP contribution in [0.3, 0.4) is 0 Å². The average molecular weight is 321 g/mol. The second kappa shape index (κ2) is 8.33. The Labute approximate surface area is 132 Å². The lowest BCUT2D eigenvalue weighted by Crippen LogP contribution is -2.30. The summed E-state index contributed by atoms with van der Waals surface area (Å²) >= 11 is 1.52. The quantitative estimate of drug-likeness (QED) is 0.575. The van der Waals surface area contributed by atoms with Gasteiger partial charge in [-0.2, -0.15) is 0 Å². The number of hydrogen-bond donors (Lipinski definition) is 2. The highest BCUT2D eigenvalue weighted by Gasteiger charge is 2.05. The second-order valence-electron chi connectivity index (χ2n) is 4.72. The molecule has 0 radical (unpaired) electrons. The number of nitrogens with one attached hydrogen (secondary N) is 2. The number of fused-ring (bicyclic) bond motifs is 1. The highest BCUT2D eigenvalue weighted by molar-refractivity contribution is 7.22. The van der Waals surface area contributed by atoms with Gasteiger partial charge in [0.1, 0.15) is 0 Å². The van der Waals surface area contributed by atoms with Gasteiger partial charge in [0, 0.05) is 13.0 Å². The fraction of sp³-hybridized carbons (Fsp3) is 0.400. The Balaban J connectivity index is 1.64. The van der Waals surface area contributed by atoms with E-state index in [0.717, 1.165) is 21.8 Å². The molecule has 0 unspecified atom stereocenters. The molecule has 2 N–H and O–H groups in total. The Hall–Kier alpha value is -2.15. The zero-order chi connectivity index (χ0) is 15.8. The van der Waals surface area contributed by atoms with Crippen molar-refractivity contribution in [2.45, 2.75) is 19.3 Å². The van der Waals surface area contributed by atoms with Gasteiger partial charge in [0.2, 0.25) is 5.91 Å². The summed E-state index contributed by atoms with van der Waals surface area (Å²) in [5.74, 6) is -0.304. The van der Waals surface area contributed by atoms with Crippen LogP contribution in [-0.4, -0.2) is 37.1 Å². The van der Waals surface area contributed by atoms with Crippen molar-refractivity contribution in [1.29, 1.82) is 0 Å². The summed E-state index contributed by atoms with van der Waals surface area (Å²) in [4.78, 5) is 27.0. The number of unbranched alkanes of at least 4 members (excludes halogenated alkanes) is 1. The first kappa shape index (κ1) is 16.2. The lowest BCUT2D eigenvalue weighted by Gasteiger charge is -2.05. The third-order valence-electron chi connectivity index (χ3n) is 3.05. The molecule has 2 aromatic rings. The molecule has 0 aliphatic heterocycles. The minimum atomic E-state index is -0.219.